The van der Waals surface area contributed by atoms with E-state index in [0.717, 1.165) is 0 Å². The zero-order valence-electron chi connectivity index (χ0n) is 18.2. The number of amides is 1. The zero-order valence-corrected chi connectivity index (χ0v) is 22.3. The minimum absolute atomic E-state index is 0. The third-order valence-electron chi connectivity index (χ3n) is 5.23. The summed E-state index contributed by atoms with van der Waals surface area (Å²) in [6, 6.07) is -2.57. The fraction of sp³-hybridized carbons (Fsp3) is 0.938. The van der Waals surface area contributed by atoms with Crippen LogP contribution in [0.15, 0.2) is 0 Å². The molecule has 0 spiro atoms. The molecule has 0 aromatic rings. The molecule has 1 aliphatic heterocycles. The van der Waals surface area contributed by atoms with Crippen molar-refractivity contribution >= 4 is 68.1 Å². The van der Waals surface area contributed by atoms with Crippen molar-refractivity contribution in [3.8, 4) is 0 Å². The summed E-state index contributed by atoms with van der Waals surface area (Å²) in [6.07, 6.45) is -8.29. The number of nitrogens with two attached hydrogens (primary N) is 5. The number of hydrogen-bond donors (Lipinski definition) is 9. The molecule has 0 bridgehead atoms. The lowest BCUT2D eigenvalue weighted by Gasteiger charge is -2.46. The topological polar surface area (TPSA) is 248 Å². The van der Waals surface area contributed by atoms with Gasteiger partial charge in [0.1, 0.15) is 30.5 Å². The number of alkyl carbamates (subject to hydrolysis) is 1. The van der Waals surface area contributed by atoms with Crippen LogP contribution in [0.1, 0.15) is 12.8 Å². The maximum atomic E-state index is 12.1. The molecular weight excluding hydrogens is 565 g/mol. The van der Waals surface area contributed by atoms with Gasteiger partial charge in [-0.05, 0) is 19.4 Å². The molecule has 1 heterocycles. The maximum Gasteiger partial charge on any atom is 0.407 e. The summed E-state index contributed by atoms with van der Waals surface area (Å²) in [5, 5.41) is 33.1. The minimum Gasteiger partial charge on any atom is -0.441 e. The van der Waals surface area contributed by atoms with Crippen LogP contribution >= 0.6 is 62.0 Å². The van der Waals surface area contributed by atoms with Gasteiger partial charge in [-0.3, -0.25) is 0 Å². The molecule has 2 rings (SSSR count). The van der Waals surface area contributed by atoms with Gasteiger partial charge in [0.25, 0.3) is 0 Å². The zero-order chi connectivity index (χ0) is 21.7. The second kappa shape index (κ2) is 19.4. The largest absolute Gasteiger partial charge is 0.441 e. The highest BCUT2D eigenvalue weighted by atomic mass is 35.5. The van der Waals surface area contributed by atoms with E-state index in [1.165, 1.54) is 0 Å². The molecule has 18 heteroatoms. The van der Waals surface area contributed by atoms with Crippen molar-refractivity contribution in [1.82, 2.24) is 5.32 Å². The maximum absolute atomic E-state index is 12.1. The van der Waals surface area contributed by atoms with Gasteiger partial charge in [-0.15, -0.1) is 62.0 Å². The molecule has 10 atom stereocenters. The van der Waals surface area contributed by atoms with Gasteiger partial charge >= 0.3 is 6.09 Å². The molecule has 210 valence electrons. The molecule has 1 amide bonds. The smallest absolute Gasteiger partial charge is 0.407 e. The Balaban J connectivity index is -0.000000900. The summed E-state index contributed by atoms with van der Waals surface area (Å²) in [4.78, 5) is 12.1. The van der Waals surface area contributed by atoms with Gasteiger partial charge in [-0.2, -0.15) is 0 Å². The summed E-state index contributed by atoms with van der Waals surface area (Å²) in [6.45, 7) is 0.598. The Morgan fingerprint density at radius 1 is 0.912 bits per heavy atom. The molecule has 14 N–H and O–H groups in total. The van der Waals surface area contributed by atoms with Crippen molar-refractivity contribution in [2.45, 2.75) is 73.9 Å². The monoisotopic (exact) mass is 602 g/mol. The quantitative estimate of drug-likeness (QED) is 0.133. The Kier molecular flexibility index (Phi) is 23.7. The summed E-state index contributed by atoms with van der Waals surface area (Å²) < 4.78 is 16.7. The van der Waals surface area contributed by atoms with Gasteiger partial charge in [-0.25, -0.2) is 4.79 Å². The summed E-state index contributed by atoms with van der Waals surface area (Å²) in [5.41, 5.74) is 28.9. The van der Waals surface area contributed by atoms with Crippen molar-refractivity contribution < 1.29 is 34.3 Å². The van der Waals surface area contributed by atoms with E-state index >= 15 is 0 Å². The van der Waals surface area contributed by atoms with Crippen LogP contribution < -0.4 is 34.0 Å². The molecule has 13 nitrogen and oxygen atoms in total. The average molecular weight is 605 g/mol. The fourth-order valence-corrected chi connectivity index (χ4v) is 3.47. The van der Waals surface area contributed by atoms with Crippen LogP contribution in [0, 0.1) is 0 Å². The molecule has 0 unspecified atom stereocenters. The first kappa shape index (κ1) is 41.4. The predicted octanol–water partition coefficient (Wildman–Crippen LogP) is -2.92. The summed E-state index contributed by atoms with van der Waals surface area (Å²) in [5.74, 6) is 0. The van der Waals surface area contributed by atoms with E-state index in [-0.39, 0.29) is 75.0 Å². The Morgan fingerprint density at radius 2 is 1.50 bits per heavy atom. The molecular formula is C16H39Cl5N6O7. The number of ether oxygens (including phenoxy) is 3. The molecule has 34 heavy (non-hydrogen) atoms. The van der Waals surface area contributed by atoms with Crippen molar-refractivity contribution in [2.75, 3.05) is 19.6 Å². The van der Waals surface area contributed by atoms with Crippen LogP contribution in [0.25, 0.3) is 0 Å². The second-order valence-electron chi connectivity index (χ2n) is 7.43. The van der Waals surface area contributed by atoms with Crippen molar-refractivity contribution in [3.05, 3.63) is 0 Å². The van der Waals surface area contributed by atoms with Gasteiger partial charge < -0.3 is 63.5 Å². The Hall–Kier alpha value is 0.320. The predicted molar refractivity (Wildman–Crippen MR) is 137 cm³/mol. The van der Waals surface area contributed by atoms with E-state index < -0.39 is 67.1 Å². The van der Waals surface area contributed by atoms with Crippen LogP contribution in [-0.4, -0.2) is 102 Å². The highest BCUT2D eigenvalue weighted by Crippen LogP contribution is 2.28. The van der Waals surface area contributed by atoms with E-state index in [0.29, 0.717) is 19.5 Å². The Morgan fingerprint density at radius 3 is 2.03 bits per heavy atom. The van der Waals surface area contributed by atoms with Gasteiger partial charge in [0.15, 0.2) is 12.4 Å². The lowest BCUT2D eigenvalue weighted by Crippen LogP contribution is -2.68. The normalized spacial score (nSPS) is 36.7. The SMILES string of the molecule is Cl.Cl.Cl.Cl.Cl.NCCCNC(=O)O[C@@H]1[C@@H](O)[C@H](N)C[C@H](N)[C@H]1O[C@H]1O[C@H](CN)[C@@H](O)[C@H](O)[C@H]1N. The molecule has 1 saturated heterocycles. The van der Waals surface area contributed by atoms with Gasteiger partial charge in [0, 0.05) is 25.2 Å². The van der Waals surface area contributed by atoms with Crippen LogP contribution in [-0.2, 0) is 14.2 Å². The van der Waals surface area contributed by atoms with Crippen molar-refractivity contribution in [3.63, 3.8) is 0 Å². The molecule has 0 aromatic carbocycles. The van der Waals surface area contributed by atoms with Gasteiger partial charge in [0.05, 0.1) is 6.04 Å². The van der Waals surface area contributed by atoms with E-state index in [1.54, 1.807) is 0 Å². The van der Waals surface area contributed by atoms with Gasteiger partial charge in [0.2, 0.25) is 0 Å². The van der Waals surface area contributed by atoms with Crippen LogP contribution in [0.2, 0.25) is 0 Å². The van der Waals surface area contributed by atoms with E-state index in [2.05, 4.69) is 5.32 Å². The lowest BCUT2D eigenvalue weighted by molar-refractivity contribution is -0.287. The standard InChI is InChI=1S/C16H34N6O7.5ClH/c17-2-1-3-22-16(26)29-14-10(23)6(19)4-7(20)13(14)28-15-9(21)12(25)11(24)8(5-18)27-15;;;;;/h6-15,23-25H,1-5,17-21H2,(H,22,26);5*1H/t6-,7+,8-,9-,10+,11-,12-,13-,14-,15-;;;;;/m1...../s1. The third kappa shape index (κ3) is 10.4. The number of rotatable bonds is 7. The molecule has 1 saturated carbocycles. The van der Waals surface area contributed by atoms with E-state index in [9.17, 15) is 20.1 Å². The van der Waals surface area contributed by atoms with Crippen LogP contribution in [0.3, 0.4) is 0 Å². The molecule has 0 aromatic heterocycles. The summed E-state index contributed by atoms with van der Waals surface area (Å²) >= 11 is 0. The van der Waals surface area contributed by atoms with Crippen LogP contribution in [0.5, 0.6) is 0 Å². The van der Waals surface area contributed by atoms with Crippen molar-refractivity contribution in [1.29, 1.82) is 0 Å². The molecule has 2 fully saturated rings. The number of carbonyl (C=O) groups excluding carboxylic acids is 1. The minimum atomic E-state index is -1.35. The highest BCUT2D eigenvalue weighted by Gasteiger charge is 2.49. The lowest BCUT2D eigenvalue weighted by atomic mass is 9.84. The first-order valence-electron chi connectivity index (χ1n) is 9.67. The number of nitrogens with one attached hydrogen (secondary N) is 1. The third-order valence-corrected chi connectivity index (χ3v) is 5.23. The second-order valence-corrected chi connectivity index (χ2v) is 7.43. The number of aliphatic hydroxyl groups excluding tert-OH is 3. The van der Waals surface area contributed by atoms with Crippen LogP contribution in [0.4, 0.5) is 4.79 Å². The number of aliphatic hydroxyl groups is 3. The number of hydrogen-bond acceptors (Lipinski definition) is 12. The molecule has 2 aliphatic rings. The summed E-state index contributed by atoms with van der Waals surface area (Å²) in [7, 11) is 0. The average Bonchev–Trinajstić information content (AvgIpc) is 2.68. The first-order valence-corrected chi connectivity index (χ1v) is 9.67. The Labute approximate surface area is 229 Å². The van der Waals surface area contributed by atoms with Gasteiger partial charge in [-0.1, -0.05) is 0 Å². The molecule has 1 aliphatic carbocycles. The fourth-order valence-electron chi connectivity index (χ4n) is 3.47. The Bertz CT molecular complexity index is 550. The number of halogens is 5. The van der Waals surface area contributed by atoms with E-state index in [4.69, 9.17) is 42.9 Å². The highest BCUT2D eigenvalue weighted by molar-refractivity contribution is 5.86. The first-order chi connectivity index (χ1) is 13.7. The number of carbonyl (C=O) groups is 1. The molecule has 0 radical (unpaired) electrons. The van der Waals surface area contributed by atoms with E-state index in [1.807, 2.05) is 0 Å². The van der Waals surface area contributed by atoms with Crippen molar-refractivity contribution in [2.24, 2.45) is 28.7 Å².